The summed E-state index contributed by atoms with van der Waals surface area (Å²) in [6.07, 6.45) is 0.956. The lowest BCUT2D eigenvalue weighted by molar-refractivity contribution is 0.191. The molecule has 0 aliphatic heterocycles. The van der Waals surface area contributed by atoms with Crippen LogP contribution in [0.15, 0.2) is 85.2 Å². The van der Waals surface area contributed by atoms with Gasteiger partial charge in [-0.3, -0.25) is 0 Å². The Balaban J connectivity index is 1.52. The van der Waals surface area contributed by atoms with Crippen LogP contribution in [-0.4, -0.2) is 21.6 Å². The molecule has 4 nitrogen and oxygen atoms in total. The van der Waals surface area contributed by atoms with Gasteiger partial charge in [0, 0.05) is 18.2 Å². The maximum absolute atomic E-state index is 10.3. The van der Waals surface area contributed by atoms with E-state index in [1.165, 1.54) is 10.8 Å². The van der Waals surface area contributed by atoms with Crippen molar-refractivity contribution < 1.29 is 5.11 Å². The van der Waals surface area contributed by atoms with Gasteiger partial charge in [0.25, 0.3) is 0 Å². The number of nitrogens with one attached hydrogen (secondary N) is 1. The molecule has 2 N–H and O–H groups in total. The van der Waals surface area contributed by atoms with Crippen LogP contribution in [0.2, 0.25) is 0 Å². The van der Waals surface area contributed by atoms with E-state index in [0.29, 0.717) is 12.4 Å². The molecule has 1 atom stereocenters. The third-order valence-electron chi connectivity index (χ3n) is 4.37. The smallest absolute Gasteiger partial charge is 0.130 e. The Morgan fingerprint density at radius 3 is 2.42 bits per heavy atom. The molecule has 1 aromatic heterocycles. The Morgan fingerprint density at radius 2 is 1.58 bits per heavy atom. The van der Waals surface area contributed by atoms with E-state index in [-0.39, 0.29) is 0 Å². The van der Waals surface area contributed by atoms with Gasteiger partial charge in [-0.1, -0.05) is 66.7 Å². The first-order valence-corrected chi connectivity index (χ1v) is 8.58. The molecule has 4 rings (SSSR count). The first-order chi connectivity index (χ1) is 12.8. The molecule has 0 aliphatic rings. The number of benzene rings is 3. The highest BCUT2D eigenvalue weighted by Crippen LogP contribution is 2.24. The second kappa shape index (κ2) is 7.33. The van der Waals surface area contributed by atoms with Gasteiger partial charge in [0.2, 0.25) is 0 Å². The van der Waals surface area contributed by atoms with Crippen LogP contribution >= 0.6 is 0 Å². The van der Waals surface area contributed by atoms with Crippen molar-refractivity contribution in [1.82, 2.24) is 9.97 Å². The first kappa shape index (κ1) is 16.2. The van der Waals surface area contributed by atoms with E-state index in [1.807, 2.05) is 48.5 Å². The van der Waals surface area contributed by atoms with Crippen LogP contribution in [0.1, 0.15) is 11.7 Å². The predicted molar refractivity (Wildman–Crippen MR) is 105 cm³/mol. The summed E-state index contributed by atoms with van der Waals surface area (Å²) in [6, 6.07) is 26.0. The van der Waals surface area contributed by atoms with E-state index in [4.69, 9.17) is 0 Å². The molecule has 0 saturated carbocycles. The fraction of sp³-hybridized carbons (Fsp3) is 0.0909. The van der Waals surface area contributed by atoms with Crippen LogP contribution in [0.25, 0.3) is 22.0 Å². The van der Waals surface area contributed by atoms with Crippen molar-refractivity contribution in [2.24, 2.45) is 0 Å². The topological polar surface area (TPSA) is 58.0 Å². The summed E-state index contributed by atoms with van der Waals surface area (Å²) in [5.41, 5.74) is 2.77. The Kier molecular flexibility index (Phi) is 4.58. The highest BCUT2D eigenvalue weighted by Gasteiger charge is 2.08. The zero-order valence-electron chi connectivity index (χ0n) is 14.2. The standard InChI is InChI=1S/C22H19N3O/c26-21(17-7-2-1-3-8-17)14-23-22-13-20(24-15-25-22)19-11-10-16-6-4-5-9-18(16)12-19/h1-13,15,21,26H,14H2,(H,23,24,25). The number of nitrogens with zero attached hydrogens (tertiary/aromatic N) is 2. The van der Waals surface area contributed by atoms with Gasteiger partial charge in [0.05, 0.1) is 11.8 Å². The second-order valence-electron chi connectivity index (χ2n) is 6.16. The molecule has 0 aliphatic carbocycles. The number of hydrogen-bond donors (Lipinski definition) is 2. The van der Waals surface area contributed by atoms with Crippen LogP contribution in [0.3, 0.4) is 0 Å². The Hall–Kier alpha value is -3.24. The Labute approximate surface area is 152 Å². The van der Waals surface area contributed by atoms with E-state index in [0.717, 1.165) is 16.8 Å². The Bertz CT molecular complexity index is 1020. The maximum Gasteiger partial charge on any atom is 0.130 e. The number of hydrogen-bond acceptors (Lipinski definition) is 4. The minimum absolute atomic E-state index is 0.387. The lowest BCUT2D eigenvalue weighted by Gasteiger charge is -2.13. The van der Waals surface area contributed by atoms with E-state index in [9.17, 15) is 5.11 Å². The van der Waals surface area contributed by atoms with Gasteiger partial charge < -0.3 is 10.4 Å². The summed E-state index contributed by atoms with van der Waals surface area (Å²) in [6.45, 7) is 0.387. The van der Waals surface area contributed by atoms with E-state index >= 15 is 0 Å². The van der Waals surface area contributed by atoms with Gasteiger partial charge >= 0.3 is 0 Å². The molecule has 0 fully saturated rings. The molecular formula is C22H19N3O. The average molecular weight is 341 g/mol. The average Bonchev–Trinajstić information content (AvgIpc) is 2.72. The molecular weight excluding hydrogens is 322 g/mol. The van der Waals surface area contributed by atoms with E-state index in [1.54, 1.807) is 6.33 Å². The van der Waals surface area contributed by atoms with Gasteiger partial charge in [-0.2, -0.15) is 0 Å². The number of anilines is 1. The predicted octanol–water partition coefficient (Wildman–Crippen LogP) is 4.44. The lowest BCUT2D eigenvalue weighted by atomic mass is 10.0. The number of aliphatic hydroxyl groups excluding tert-OH is 1. The fourth-order valence-corrected chi connectivity index (χ4v) is 2.95. The number of rotatable bonds is 5. The van der Waals surface area contributed by atoms with E-state index in [2.05, 4.69) is 45.6 Å². The van der Waals surface area contributed by atoms with Gasteiger partial charge in [-0.05, 0) is 22.4 Å². The van der Waals surface area contributed by atoms with Crippen LogP contribution in [0.5, 0.6) is 0 Å². The monoisotopic (exact) mass is 341 g/mol. The highest BCUT2D eigenvalue weighted by molar-refractivity contribution is 5.86. The van der Waals surface area contributed by atoms with Crippen molar-refractivity contribution in [2.75, 3.05) is 11.9 Å². The molecule has 0 radical (unpaired) electrons. The largest absolute Gasteiger partial charge is 0.387 e. The molecule has 4 heteroatoms. The van der Waals surface area contributed by atoms with Gasteiger partial charge in [-0.25, -0.2) is 9.97 Å². The second-order valence-corrected chi connectivity index (χ2v) is 6.16. The van der Waals surface area contributed by atoms with Crippen LogP contribution < -0.4 is 5.32 Å². The zero-order valence-corrected chi connectivity index (χ0v) is 14.2. The summed E-state index contributed by atoms with van der Waals surface area (Å²) in [5.74, 6) is 0.693. The van der Waals surface area contributed by atoms with Crippen molar-refractivity contribution in [3.8, 4) is 11.3 Å². The molecule has 0 spiro atoms. The van der Waals surface area contributed by atoms with Crippen molar-refractivity contribution in [1.29, 1.82) is 0 Å². The lowest BCUT2D eigenvalue weighted by Crippen LogP contribution is -2.13. The molecule has 4 aromatic rings. The number of aliphatic hydroxyl groups is 1. The maximum atomic E-state index is 10.3. The third kappa shape index (κ3) is 3.55. The van der Waals surface area contributed by atoms with Crippen LogP contribution in [0, 0.1) is 0 Å². The minimum Gasteiger partial charge on any atom is -0.387 e. The van der Waals surface area contributed by atoms with Crippen LogP contribution in [0.4, 0.5) is 5.82 Å². The highest BCUT2D eigenvalue weighted by atomic mass is 16.3. The van der Waals surface area contributed by atoms with E-state index < -0.39 is 6.10 Å². The quantitative estimate of drug-likeness (QED) is 0.563. The van der Waals surface area contributed by atoms with Gasteiger partial charge in [-0.15, -0.1) is 0 Å². The SMILES string of the molecule is OC(CNc1cc(-c2ccc3ccccc3c2)ncn1)c1ccccc1. The zero-order chi connectivity index (χ0) is 17.8. The third-order valence-corrected chi connectivity index (χ3v) is 4.37. The summed E-state index contributed by atoms with van der Waals surface area (Å²) in [4.78, 5) is 8.65. The van der Waals surface area contributed by atoms with Crippen molar-refractivity contribution in [2.45, 2.75) is 6.10 Å². The summed E-state index contributed by atoms with van der Waals surface area (Å²) in [7, 11) is 0. The number of aromatic nitrogens is 2. The normalized spacial score (nSPS) is 12.0. The van der Waals surface area contributed by atoms with Crippen LogP contribution in [-0.2, 0) is 0 Å². The molecule has 26 heavy (non-hydrogen) atoms. The van der Waals surface area contributed by atoms with Gasteiger partial charge in [0.15, 0.2) is 0 Å². The fourth-order valence-electron chi connectivity index (χ4n) is 2.95. The molecule has 1 unspecified atom stereocenters. The van der Waals surface area contributed by atoms with Crippen molar-refractivity contribution in [3.63, 3.8) is 0 Å². The van der Waals surface area contributed by atoms with Gasteiger partial charge in [0.1, 0.15) is 12.1 Å². The molecule has 0 bridgehead atoms. The molecule has 3 aromatic carbocycles. The summed E-state index contributed by atoms with van der Waals surface area (Å²) < 4.78 is 0. The molecule has 0 amide bonds. The molecule has 128 valence electrons. The van der Waals surface area contributed by atoms with Crippen molar-refractivity contribution >= 4 is 16.6 Å². The first-order valence-electron chi connectivity index (χ1n) is 8.58. The summed E-state index contributed by atoms with van der Waals surface area (Å²) in [5, 5.41) is 15.9. The minimum atomic E-state index is -0.588. The molecule has 0 saturated heterocycles. The molecule has 1 heterocycles. The van der Waals surface area contributed by atoms with Crippen molar-refractivity contribution in [3.05, 3.63) is 90.8 Å². The Morgan fingerprint density at radius 1 is 0.808 bits per heavy atom. The summed E-state index contributed by atoms with van der Waals surface area (Å²) >= 11 is 0. The number of fused-ring (bicyclic) bond motifs is 1.